The van der Waals surface area contributed by atoms with Gasteiger partial charge in [0.05, 0.1) is 19.3 Å². The number of nitrogens with zero attached hydrogens (tertiary/aromatic N) is 3. The highest BCUT2D eigenvalue weighted by atomic mass is 16.5. The van der Waals surface area contributed by atoms with Crippen molar-refractivity contribution in [1.82, 2.24) is 5.32 Å². The molecule has 0 spiro atoms. The van der Waals surface area contributed by atoms with Gasteiger partial charge in [0, 0.05) is 24.4 Å². The number of carboxylic acid groups (broad SMARTS) is 1. The van der Waals surface area contributed by atoms with E-state index < -0.39 is 17.9 Å². The Morgan fingerprint density at radius 2 is 2.22 bits per heavy atom. The summed E-state index contributed by atoms with van der Waals surface area (Å²) in [6, 6.07) is -0.829. The van der Waals surface area contributed by atoms with Crippen LogP contribution < -0.4 is 11.1 Å². The van der Waals surface area contributed by atoms with Crippen LogP contribution in [0.5, 0.6) is 0 Å². The van der Waals surface area contributed by atoms with Crippen molar-refractivity contribution in [2.75, 3.05) is 26.3 Å². The van der Waals surface area contributed by atoms with Gasteiger partial charge in [0.25, 0.3) is 0 Å². The zero-order valence-corrected chi connectivity index (χ0v) is 9.91. The number of hydrogen-bond acceptors (Lipinski definition) is 5. The van der Waals surface area contributed by atoms with Crippen molar-refractivity contribution in [3.63, 3.8) is 0 Å². The van der Waals surface area contributed by atoms with Crippen LogP contribution in [-0.2, 0) is 14.3 Å². The monoisotopic (exact) mass is 259 g/mol. The van der Waals surface area contributed by atoms with Gasteiger partial charge in [-0.1, -0.05) is 5.11 Å². The fourth-order valence-electron chi connectivity index (χ4n) is 1.04. The molecule has 0 saturated heterocycles. The Hall–Kier alpha value is -1.83. The molecule has 0 rings (SSSR count). The van der Waals surface area contributed by atoms with Gasteiger partial charge in [-0.25, -0.2) is 0 Å². The van der Waals surface area contributed by atoms with E-state index >= 15 is 0 Å². The smallest absolute Gasteiger partial charge is 0.303 e. The van der Waals surface area contributed by atoms with Crippen molar-refractivity contribution in [2.45, 2.75) is 18.9 Å². The van der Waals surface area contributed by atoms with Crippen LogP contribution in [0.25, 0.3) is 10.4 Å². The fourth-order valence-corrected chi connectivity index (χ4v) is 1.04. The van der Waals surface area contributed by atoms with Crippen LogP contribution in [-0.4, -0.2) is 49.3 Å². The molecule has 4 N–H and O–H groups in total. The first-order valence-electron chi connectivity index (χ1n) is 5.41. The first kappa shape index (κ1) is 16.2. The third-order valence-electron chi connectivity index (χ3n) is 1.95. The highest BCUT2D eigenvalue weighted by Crippen LogP contribution is 1.94. The number of amides is 1. The van der Waals surface area contributed by atoms with Crippen LogP contribution in [0.4, 0.5) is 0 Å². The molecule has 9 nitrogen and oxygen atoms in total. The maximum absolute atomic E-state index is 11.3. The molecule has 0 aliphatic rings. The number of azide groups is 1. The minimum absolute atomic E-state index is 0.0961. The zero-order valence-electron chi connectivity index (χ0n) is 9.91. The van der Waals surface area contributed by atoms with E-state index in [-0.39, 0.29) is 39.1 Å². The summed E-state index contributed by atoms with van der Waals surface area (Å²) in [6.07, 6.45) is -0.0455. The number of nitrogens with two attached hydrogens (primary N) is 1. The van der Waals surface area contributed by atoms with E-state index in [4.69, 9.17) is 21.1 Å². The van der Waals surface area contributed by atoms with Crippen LogP contribution in [0, 0.1) is 0 Å². The van der Waals surface area contributed by atoms with Crippen LogP contribution >= 0.6 is 0 Å². The van der Waals surface area contributed by atoms with Gasteiger partial charge < -0.3 is 20.9 Å². The van der Waals surface area contributed by atoms with E-state index in [9.17, 15) is 9.59 Å². The van der Waals surface area contributed by atoms with Crippen LogP contribution in [0.15, 0.2) is 5.11 Å². The van der Waals surface area contributed by atoms with Gasteiger partial charge in [0.1, 0.15) is 0 Å². The first-order valence-corrected chi connectivity index (χ1v) is 5.41. The molecule has 102 valence electrons. The molecule has 18 heavy (non-hydrogen) atoms. The van der Waals surface area contributed by atoms with E-state index in [1.165, 1.54) is 0 Å². The molecule has 0 aromatic heterocycles. The van der Waals surface area contributed by atoms with Gasteiger partial charge in [-0.05, 0) is 12.0 Å². The fraction of sp³-hybridized carbons (Fsp3) is 0.778. The summed E-state index contributed by atoms with van der Waals surface area (Å²) in [6.45, 7) is 1.07. The largest absolute Gasteiger partial charge is 0.481 e. The summed E-state index contributed by atoms with van der Waals surface area (Å²) in [5, 5.41) is 14.2. The zero-order chi connectivity index (χ0) is 13.8. The highest BCUT2D eigenvalue weighted by molar-refractivity contribution is 5.82. The third-order valence-corrected chi connectivity index (χ3v) is 1.95. The van der Waals surface area contributed by atoms with Crippen LogP contribution in [0.1, 0.15) is 12.8 Å². The topological polar surface area (TPSA) is 150 Å². The second-order valence-corrected chi connectivity index (χ2v) is 3.40. The predicted molar refractivity (Wildman–Crippen MR) is 62.7 cm³/mol. The number of ether oxygens (including phenoxy) is 1. The molecule has 9 heteroatoms. The molecule has 0 aromatic rings. The second kappa shape index (κ2) is 10.3. The van der Waals surface area contributed by atoms with E-state index in [0.29, 0.717) is 0 Å². The van der Waals surface area contributed by atoms with Crippen LogP contribution in [0.3, 0.4) is 0 Å². The van der Waals surface area contributed by atoms with Gasteiger partial charge in [0.15, 0.2) is 0 Å². The molecule has 0 fully saturated rings. The Labute approximate surface area is 104 Å². The quantitative estimate of drug-likeness (QED) is 0.211. The molecule has 1 amide bonds. The summed E-state index contributed by atoms with van der Waals surface area (Å²) in [5.74, 6) is -1.39. The SMILES string of the molecule is [N-]=[N+]=NCCOCCNC(=O)C(N)CCC(=O)O. The predicted octanol–water partition coefficient (Wildman–Crippen LogP) is -0.378. The summed E-state index contributed by atoms with van der Waals surface area (Å²) in [5.41, 5.74) is 13.5. The molecule has 0 saturated carbocycles. The van der Waals surface area contributed by atoms with Crippen molar-refractivity contribution in [3.05, 3.63) is 10.4 Å². The molecule has 0 aromatic carbocycles. The molecular formula is C9H17N5O4. The van der Waals surface area contributed by atoms with Crippen molar-refractivity contribution in [2.24, 2.45) is 10.8 Å². The molecule has 0 heterocycles. The average Bonchev–Trinajstić information content (AvgIpc) is 2.34. The Bertz CT molecular complexity index is 316. The number of carboxylic acids is 1. The summed E-state index contributed by atoms with van der Waals surface area (Å²) in [4.78, 5) is 24.2. The molecular weight excluding hydrogens is 242 g/mol. The van der Waals surface area contributed by atoms with Gasteiger partial charge in [-0.15, -0.1) is 0 Å². The number of nitrogens with one attached hydrogen (secondary N) is 1. The summed E-state index contributed by atoms with van der Waals surface area (Å²) >= 11 is 0. The minimum Gasteiger partial charge on any atom is -0.481 e. The van der Waals surface area contributed by atoms with Crippen molar-refractivity contribution >= 4 is 11.9 Å². The highest BCUT2D eigenvalue weighted by Gasteiger charge is 2.13. The number of hydrogen-bond donors (Lipinski definition) is 3. The minimum atomic E-state index is -0.986. The summed E-state index contributed by atoms with van der Waals surface area (Å²) < 4.78 is 5.05. The lowest BCUT2D eigenvalue weighted by Crippen LogP contribution is -2.42. The molecule has 1 unspecified atom stereocenters. The Balaban J connectivity index is 3.51. The van der Waals surface area contributed by atoms with Crippen LogP contribution in [0.2, 0.25) is 0 Å². The maximum Gasteiger partial charge on any atom is 0.303 e. The maximum atomic E-state index is 11.3. The van der Waals surface area contributed by atoms with E-state index in [1.807, 2.05) is 0 Å². The van der Waals surface area contributed by atoms with Crippen molar-refractivity contribution in [3.8, 4) is 0 Å². The third kappa shape index (κ3) is 9.40. The van der Waals surface area contributed by atoms with Crippen molar-refractivity contribution < 1.29 is 19.4 Å². The molecule has 0 aliphatic heterocycles. The van der Waals surface area contributed by atoms with Gasteiger partial charge in [-0.2, -0.15) is 0 Å². The Kier molecular flexibility index (Phi) is 9.28. The molecule has 0 bridgehead atoms. The number of carbonyl (C=O) groups is 2. The standard InChI is InChI=1S/C9H17N5O4/c10-7(1-2-8(15)16)9(17)12-3-5-18-6-4-13-14-11/h7H,1-6,10H2,(H,12,17)(H,15,16). The lowest BCUT2D eigenvalue weighted by Gasteiger charge is -2.11. The first-order chi connectivity index (χ1) is 8.57. The molecule has 0 radical (unpaired) electrons. The Morgan fingerprint density at radius 3 is 2.83 bits per heavy atom. The average molecular weight is 259 g/mol. The van der Waals surface area contributed by atoms with E-state index in [0.717, 1.165) is 0 Å². The summed E-state index contributed by atoms with van der Waals surface area (Å²) in [7, 11) is 0. The lowest BCUT2D eigenvalue weighted by atomic mass is 10.1. The number of rotatable bonds is 10. The van der Waals surface area contributed by atoms with Crippen molar-refractivity contribution in [1.29, 1.82) is 0 Å². The molecule has 1 atom stereocenters. The van der Waals surface area contributed by atoms with E-state index in [2.05, 4.69) is 15.3 Å². The van der Waals surface area contributed by atoms with E-state index in [1.54, 1.807) is 0 Å². The van der Waals surface area contributed by atoms with Gasteiger partial charge in [0.2, 0.25) is 5.91 Å². The number of carbonyl (C=O) groups excluding carboxylic acids is 1. The van der Waals surface area contributed by atoms with Gasteiger partial charge >= 0.3 is 5.97 Å². The second-order valence-electron chi connectivity index (χ2n) is 3.40. The normalized spacial score (nSPS) is 11.4. The molecule has 0 aliphatic carbocycles. The number of aliphatic carboxylic acids is 1. The Morgan fingerprint density at radius 1 is 1.50 bits per heavy atom. The van der Waals surface area contributed by atoms with Gasteiger partial charge in [-0.3, -0.25) is 9.59 Å². The lowest BCUT2D eigenvalue weighted by molar-refractivity contribution is -0.137.